The number of rotatable bonds is 9. The zero-order chi connectivity index (χ0) is 47.6. The van der Waals surface area contributed by atoms with Crippen molar-refractivity contribution in [2.75, 3.05) is 4.90 Å². The molecule has 0 radical (unpaired) electrons. The molecule has 0 saturated heterocycles. The standard InChI is InChI=1S/C62H36N8/c1-64-48-16-12-14-45(34-48)57-39-56(67-62(68-57)46-15-13-17-49(35-46)65-2)44-30-26-42(27-31-44)41-24-28-43(29-25-41)54-38-58(66-3)61(36-47(54)40-63)70-59-23-11-10-22-53(59)55-37-52(32-33-60(55)70)69(50-18-6-4-7-19-50)51-20-8-5-9-21-51/h4-39H. The van der Waals surface area contributed by atoms with E-state index >= 15 is 0 Å². The minimum Gasteiger partial charge on any atom is -0.319 e. The highest BCUT2D eigenvalue weighted by molar-refractivity contribution is 6.11. The summed E-state index contributed by atoms with van der Waals surface area (Å²) in [7, 11) is 0. The average Bonchev–Trinajstić information content (AvgIpc) is 3.76. The van der Waals surface area contributed by atoms with Crippen molar-refractivity contribution < 1.29 is 0 Å². The lowest BCUT2D eigenvalue weighted by atomic mass is 9.95. The number of hydrogen-bond acceptors (Lipinski definition) is 4. The Morgan fingerprint density at radius 3 is 1.61 bits per heavy atom. The first-order valence-corrected chi connectivity index (χ1v) is 22.5. The molecule has 0 aliphatic heterocycles. The monoisotopic (exact) mass is 892 g/mol. The second-order valence-corrected chi connectivity index (χ2v) is 16.6. The van der Waals surface area contributed by atoms with Gasteiger partial charge in [0.25, 0.3) is 0 Å². The Kier molecular flexibility index (Phi) is 10.9. The Labute approximate surface area is 405 Å². The SMILES string of the molecule is [C-]#[N+]c1cccc(-c2cc(-c3ccc(-c4ccc(-c5cc([N+]#[C-])c(-n6c7ccccc7c7cc(N(c8ccccc8)c8ccccc8)ccc76)cc5C#N)cc4)cc3)nc(-c3cccc([N+]#[C-])c3)n2)c1. The molecule has 11 rings (SSSR count). The predicted octanol–water partition coefficient (Wildman–Crippen LogP) is 16.9. The molecule has 0 bridgehead atoms. The zero-order valence-electron chi connectivity index (χ0n) is 37.4. The van der Waals surface area contributed by atoms with Gasteiger partial charge in [0.2, 0.25) is 5.69 Å². The molecule has 0 aliphatic carbocycles. The van der Waals surface area contributed by atoms with Gasteiger partial charge in [0.05, 0.1) is 59.5 Å². The van der Waals surface area contributed by atoms with Crippen LogP contribution < -0.4 is 4.90 Å². The van der Waals surface area contributed by atoms with E-state index in [-0.39, 0.29) is 0 Å². The normalized spacial score (nSPS) is 10.8. The summed E-state index contributed by atoms with van der Waals surface area (Å²) >= 11 is 0. The van der Waals surface area contributed by atoms with Crippen LogP contribution in [0.15, 0.2) is 218 Å². The minimum absolute atomic E-state index is 0.435. The predicted molar refractivity (Wildman–Crippen MR) is 282 cm³/mol. The highest BCUT2D eigenvalue weighted by Gasteiger charge is 2.21. The zero-order valence-corrected chi connectivity index (χ0v) is 37.4. The van der Waals surface area contributed by atoms with Crippen LogP contribution in [0, 0.1) is 31.0 Å². The van der Waals surface area contributed by atoms with Crippen molar-refractivity contribution in [2.45, 2.75) is 0 Å². The summed E-state index contributed by atoms with van der Waals surface area (Å²) in [4.78, 5) is 23.4. The molecule has 8 nitrogen and oxygen atoms in total. The fraction of sp³-hybridized carbons (Fsp3) is 0. The molecule has 11 aromatic rings. The molecule has 2 heterocycles. The van der Waals surface area contributed by atoms with Crippen LogP contribution in [0.4, 0.5) is 34.1 Å². The van der Waals surface area contributed by atoms with Gasteiger partial charge in [-0.1, -0.05) is 140 Å². The molecule has 9 aromatic carbocycles. The topological polar surface area (TPSA) is 70.8 Å². The second kappa shape index (κ2) is 18.1. The molecule has 0 fully saturated rings. The van der Waals surface area contributed by atoms with Crippen LogP contribution in [0.5, 0.6) is 0 Å². The smallest absolute Gasteiger partial charge is 0.211 e. The van der Waals surface area contributed by atoms with E-state index in [2.05, 4.69) is 84.7 Å². The fourth-order valence-electron chi connectivity index (χ4n) is 9.13. The van der Waals surface area contributed by atoms with Crippen LogP contribution in [0.25, 0.3) is 98.2 Å². The van der Waals surface area contributed by atoms with Gasteiger partial charge in [-0.05, 0) is 107 Å². The first-order chi connectivity index (χ1) is 34.5. The van der Waals surface area contributed by atoms with Crippen molar-refractivity contribution in [2.24, 2.45) is 0 Å². The summed E-state index contributed by atoms with van der Waals surface area (Å²) < 4.78 is 2.11. The van der Waals surface area contributed by atoms with Crippen LogP contribution >= 0.6 is 0 Å². The number of nitrogens with zero attached hydrogens (tertiary/aromatic N) is 8. The van der Waals surface area contributed by atoms with E-state index in [4.69, 9.17) is 29.7 Å². The number of hydrogen-bond donors (Lipinski definition) is 0. The van der Waals surface area contributed by atoms with E-state index in [1.807, 2.05) is 146 Å². The molecule has 0 aliphatic rings. The van der Waals surface area contributed by atoms with Crippen LogP contribution in [0.2, 0.25) is 0 Å². The number of benzene rings is 9. The Morgan fingerprint density at radius 2 is 0.986 bits per heavy atom. The lowest BCUT2D eigenvalue weighted by Gasteiger charge is -2.25. The first-order valence-electron chi connectivity index (χ1n) is 22.5. The van der Waals surface area contributed by atoms with Crippen LogP contribution in [0.1, 0.15) is 5.56 Å². The Hall–Kier alpha value is -10.4. The van der Waals surface area contributed by atoms with Gasteiger partial charge in [0.1, 0.15) is 0 Å². The Morgan fingerprint density at radius 1 is 0.429 bits per heavy atom. The minimum atomic E-state index is 0.435. The van der Waals surface area contributed by atoms with Gasteiger partial charge in [-0.25, -0.2) is 24.5 Å². The van der Waals surface area contributed by atoms with Gasteiger partial charge in [-0.2, -0.15) is 5.26 Å². The van der Waals surface area contributed by atoms with Crippen molar-refractivity contribution in [1.29, 1.82) is 5.26 Å². The Bertz CT molecular complexity index is 3860. The summed E-state index contributed by atoms with van der Waals surface area (Å²) in [5.74, 6) is 0.482. The lowest BCUT2D eigenvalue weighted by Crippen LogP contribution is -2.09. The third-order valence-corrected chi connectivity index (χ3v) is 12.5. The van der Waals surface area contributed by atoms with Gasteiger partial charge in [0.15, 0.2) is 17.2 Å². The van der Waals surface area contributed by atoms with Crippen LogP contribution in [-0.4, -0.2) is 14.5 Å². The molecule has 8 heteroatoms. The number of aromatic nitrogens is 3. The maximum absolute atomic E-state index is 10.7. The van der Waals surface area contributed by atoms with Crippen molar-refractivity contribution >= 4 is 55.9 Å². The van der Waals surface area contributed by atoms with Crippen molar-refractivity contribution in [1.82, 2.24) is 14.5 Å². The Balaban J connectivity index is 0.929. The third kappa shape index (κ3) is 7.83. The number of fused-ring (bicyclic) bond motifs is 3. The van der Waals surface area contributed by atoms with E-state index in [0.29, 0.717) is 51.1 Å². The van der Waals surface area contributed by atoms with Gasteiger partial charge in [-0.15, -0.1) is 0 Å². The molecular formula is C62H36N8. The molecule has 324 valence electrons. The summed E-state index contributed by atoms with van der Waals surface area (Å²) in [5, 5.41) is 12.8. The molecule has 0 atom stereocenters. The van der Waals surface area contributed by atoms with Crippen molar-refractivity contribution in [3.63, 3.8) is 0 Å². The highest BCUT2D eigenvalue weighted by Crippen LogP contribution is 2.43. The van der Waals surface area contributed by atoms with Crippen molar-refractivity contribution in [3.8, 4) is 67.9 Å². The molecule has 0 saturated carbocycles. The molecule has 70 heavy (non-hydrogen) atoms. The van der Waals surface area contributed by atoms with E-state index in [1.165, 1.54) is 0 Å². The molecule has 0 N–H and O–H groups in total. The fourth-order valence-corrected chi connectivity index (χ4v) is 9.13. The van der Waals surface area contributed by atoms with Gasteiger partial charge < -0.3 is 9.47 Å². The van der Waals surface area contributed by atoms with Gasteiger partial charge >= 0.3 is 0 Å². The summed E-state index contributed by atoms with van der Waals surface area (Å²) in [6, 6.07) is 74.2. The molecule has 0 amide bonds. The van der Waals surface area contributed by atoms with E-state index in [9.17, 15) is 5.26 Å². The van der Waals surface area contributed by atoms with E-state index in [0.717, 1.165) is 72.2 Å². The van der Waals surface area contributed by atoms with Crippen LogP contribution in [-0.2, 0) is 0 Å². The largest absolute Gasteiger partial charge is 0.319 e. The maximum atomic E-state index is 10.7. The third-order valence-electron chi connectivity index (χ3n) is 12.5. The average molecular weight is 893 g/mol. The number of anilines is 3. The van der Waals surface area contributed by atoms with E-state index in [1.54, 1.807) is 18.2 Å². The number of nitriles is 1. The van der Waals surface area contributed by atoms with Crippen LogP contribution in [0.3, 0.4) is 0 Å². The van der Waals surface area contributed by atoms with Gasteiger partial charge in [0, 0.05) is 39.0 Å². The summed E-state index contributed by atoms with van der Waals surface area (Å²) in [6.07, 6.45) is 0. The molecule has 0 spiro atoms. The molecule has 2 aromatic heterocycles. The molecular weight excluding hydrogens is 857 g/mol. The quantitative estimate of drug-likeness (QED) is 0.135. The highest BCUT2D eigenvalue weighted by atomic mass is 15.1. The van der Waals surface area contributed by atoms with Gasteiger partial charge in [-0.3, -0.25) is 0 Å². The number of para-hydroxylation sites is 3. The molecule has 0 unspecified atom stereocenters. The summed E-state index contributed by atoms with van der Waals surface area (Å²) in [6.45, 7) is 23.5. The second-order valence-electron chi connectivity index (χ2n) is 16.6. The first kappa shape index (κ1) is 42.3. The maximum Gasteiger partial charge on any atom is 0.211 e. The van der Waals surface area contributed by atoms with Crippen molar-refractivity contribution in [3.05, 3.63) is 258 Å². The lowest BCUT2D eigenvalue weighted by molar-refractivity contribution is 1.18. The van der Waals surface area contributed by atoms with E-state index < -0.39 is 0 Å². The summed E-state index contributed by atoms with van der Waals surface area (Å²) in [5.41, 5.74) is 14.8.